The maximum absolute atomic E-state index is 13.4. The van der Waals surface area contributed by atoms with Crippen LogP contribution in [0.1, 0.15) is 16.7 Å². The predicted octanol–water partition coefficient (Wildman–Crippen LogP) is 2.80. The Morgan fingerprint density at radius 2 is 1.92 bits per heavy atom. The van der Waals surface area contributed by atoms with E-state index in [4.69, 9.17) is 9.47 Å². The molecule has 0 saturated carbocycles. The molecular formula is C17H16FNO4S. The first-order chi connectivity index (χ1) is 11.5. The Balaban J connectivity index is 1.79. The lowest BCUT2D eigenvalue weighted by atomic mass is 10.0. The third-order valence-electron chi connectivity index (χ3n) is 4.33. The number of aryl methyl sites for hydroxylation is 1. The van der Waals surface area contributed by atoms with E-state index in [1.807, 2.05) is 6.07 Å². The van der Waals surface area contributed by atoms with Crippen LogP contribution in [0.2, 0.25) is 0 Å². The van der Waals surface area contributed by atoms with E-state index in [1.54, 1.807) is 0 Å². The molecule has 0 unspecified atom stereocenters. The molecule has 2 aromatic rings. The van der Waals surface area contributed by atoms with E-state index in [0.29, 0.717) is 36.8 Å². The molecule has 7 heteroatoms. The Bertz CT molecular complexity index is 908. The second-order valence-electron chi connectivity index (χ2n) is 5.93. The quantitative estimate of drug-likeness (QED) is 0.925. The smallest absolute Gasteiger partial charge is 0.262 e. The van der Waals surface area contributed by atoms with Crippen LogP contribution in [0.3, 0.4) is 0 Å². The second kappa shape index (κ2) is 5.37. The average Bonchev–Trinajstić information content (AvgIpc) is 3.18. The molecule has 2 aromatic carbocycles. The van der Waals surface area contributed by atoms with Gasteiger partial charge in [-0.2, -0.15) is 0 Å². The second-order valence-corrected chi connectivity index (χ2v) is 7.61. The topological polar surface area (TPSA) is 64.6 Å². The van der Waals surface area contributed by atoms with Gasteiger partial charge in [0.25, 0.3) is 10.0 Å². The van der Waals surface area contributed by atoms with Crippen molar-refractivity contribution in [3.8, 4) is 11.5 Å². The molecule has 0 radical (unpaired) electrons. The number of hydrogen-bond acceptors (Lipinski definition) is 4. The highest BCUT2D eigenvalue weighted by Crippen LogP contribution is 2.45. The summed E-state index contributed by atoms with van der Waals surface area (Å²) in [5.74, 6) is 0.834. The maximum Gasteiger partial charge on any atom is 0.262 e. The third kappa shape index (κ3) is 2.39. The van der Waals surface area contributed by atoms with Crippen LogP contribution in [-0.2, 0) is 22.9 Å². The number of hydrogen-bond donors (Lipinski definition) is 1. The highest BCUT2D eigenvalue weighted by atomic mass is 32.2. The Hall–Kier alpha value is -2.28. The first kappa shape index (κ1) is 15.3. The molecule has 0 bridgehead atoms. The van der Waals surface area contributed by atoms with Gasteiger partial charge in [-0.15, -0.1) is 0 Å². The number of rotatable bonds is 3. The molecule has 1 N–H and O–H groups in total. The largest absolute Gasteiger partial charge is 0.493 e. The lowest BCUT2D eigenvalue weighted by molar-refractivity contribution is 0.356. The molecule has 0 amide bonds. The number of benzene rings is 2. The minimum atomic E-state index is -3.85. The molecule has 2 heterocycles. The number of fused-ring (bicyclic) bond motifs is 2. The molecule has 2 aliphatic heterocycles. The van der Waals surface area contributed by atoms with Crippen molar-refractivity contribution < 1.29 is 22.3 Å². The van der Waals surface area contributed by atoms with E-state index in [1.165, 1.54) is 19.1 Å². The number of anilines is 1. The number of halogens is 1. The maximum atomic E-state index is 13.4. The lowest BCUT2D eigenvalue weighted by Gasteiger charge is -2.15. The normalized spacial score (nSPS) is 15.4. The van der Waals surface area contributed by atoms with Crippen molar-refractivity contribution in [3.05, 3.63) is 46.8 Å². The van der Waals surface area contributed by atoms with Crippen LogP contribution in [0.25, 0.3) is 0 Å². The van der Waals surface area contributed by atoms with E-state index in [9.17, 15) is 12.8 Å². The third-order valence-corrected chi connectivity index (χ3v) is 5.67. The van der Waals surface area contributed by atoms with E-state index < -0.39 is 15.8 Å². The van der Waals surface area contributed by atoms with Crippen molar-refractivity contribution in [2.24, 2.45) is 0 Å². The van der Waals surface area contributed by atoms with Crippen LogP contribution in [0.5, 0.6) is 11.5 Å². The SMILES string of the molecule is Cc1cc(S(=O)(=O)Nc2c3c(cc4c2OCC4)OCC3)ccc1F. The Kier molecular flexibility index (Phi) is 3.42. The molecule has 0 aliphatic carbocycles. The predicted molar refractivity (Wildman–Crippen MR) is 86.8 cm³/mol. The minimum Gasteiger partial charge on any atom is -0.493 e. The summed E-state index contributed by atoms with van der Waals surface area (Å²) in [6.07, 6.45) is 1.34. The van der Waals surface area contributed by atoms with Crippen LogP contribution in [0, 0.1) is 12.7 Å². The molecule has 0 aromatic heterocycles. The number of sulfonamides is 1. The average molecular weight is 349 g/mol. The Labute approximate surface area is 139 Å². The van der Waals surface area contributed by atoms with E-state index in [0.717, 1.165) is 23.6 Å². The summed E-state index contributed by atoms with van der Waals surface area (Å²) in [6, 6.07) is 5.65. The molecule has 24 heavy (non-hydrogen) atoms. The first-order valence-electron chi connectivity index (χ1n) is 7.69. The Morgan fingerprint density at radius 3 is 2.71 bits per heavy atom. The molecule has 126 valence electrons. The molecule has 0 atom stereocenters. The van der Waals surface area contributed by atoms with E-state index in [2.05, 4.69) is 4.72 Å². The fourth-order valence-electron chi connectivity index (χ4n) is 3.07. The summed E-state index contributed by atoms with van der Waals surface area (Å²) in [4.78, 5) is 0.0182. The number of nitrogens with one attached hydrogen (secondary N) is 1. The standard InChI is InChI=1S/C17H16FNO4S/c1-10-8-12(2-3-14(10)18)24(20,21)19-16-13-5-7-22-15(13)9-11-4-6-23-17(11)16/h2-3,8-9,19H,4-7H2,1H3. The van der Waals surface area contributed by atoms with Crippen LogP contribution in [-0.4, -0.2) is 21.6 Å². The molecule has 0 spiro atoms. The van der Waals surface area contributed by atoms with Crippen molar-refractivity contribution >= 4 is 15.7 Å². The van der Waals surface area contributed by atoms with Crippen LogP contribution >= 0.6 is 0 Å². The monoisotopic (exact) mass is 349 g/mol. The Morgan fingerprint density at radius 1 is 1.12 bits per heavy atom. The molecule has 5 nitrogen and oxygen atoms in total. The summed E-state index contributed by atoms with van der Waals surface area (Å²) < 4.78 is 52.7. The van der Waals surface area contributed by atoms with E-state index >= 15 is 0 Å². The molecular weight excluding hydrogens is 333 g/mol. The molecule has 0 fully saturated rings. The summed E-state index contributed by atoms with van der Waals surface area (Å²) in [5.41, 5.74) is 2.46. The zero-order chi connectivity index (χ0) is 16.9. The van der Waals surface area contributed by atoms with Crippen LogP contribution in [0.4, 0.5) is 10.1 Å². The summed E-state index contributed by atoms with van der Waals surface area (Å²) in [6.45, 7) is 2.56. The van der Waals surface area contributed by atoms with Gasteiger partial charge in [0.1, 0.15) is 17.3 Å². The zero-order valence-corrected chi connectivity index (χ0v) is 13.9. The first-order valence-corrected chi connectivity index (χ1v) is 9.17. The minimum absolute atomic E-state index is 0.0182. The van der Waals surface area contributed by atoms with Gasteiger partial charge in [0.2, 0.25) is 0 Å². The van der Waals surface area contributed by atoms with Crippen molar-refractivity contribution in [3.63, 3.8) is 0 Å². The highest BCUT2D eigenvalue weighted by molar-refractivity contribution is 7.92. The summed E-state index contributed by atoms with van der Waals surface area (Å²) in [7, 11) is -3.85. The van der Waals surface area contributed by atoms with Gasteiger partial charge in [0, 0.05) is 24.0 Å². The van der Waals surface area contributed by atoms with Gasteiger partial charge in [-0.3, -0.25) is 4.72 Å². The summed E-state index contributed by atoms with van der Waals surface area (Å²) in [5, 5.41) is 0. The summed E-state index contributed by atoms with van der Waals surface area (Å²) >= 11 is 0. The lowest BCUT2D eigenvalue weighted by Crippen LogP contribution is -2.15. The van der Waals surface area contributed by atoms with Gasteiger partial charge >= 0.3 is 0 Å². The van der Waals surface area contributed by atoms with Gasteiger partial charge in [0.05, 0.1) is 23.8 Å². The fourth-order valence-corrected chi connectivity index (χ4v) is 4.25. The molecule has 4 rings (SSSR count). The highest BCUT2D eigenvalue weighted by Gasteiger charge is 2.29. The van der Waals surface area contributed by atoms with Gasteiger partial charge in [0.15, 0.2) is 0 Å². The zero-order valence-electron chi connectivity index (χ0n) is 13.1. The van der Waals surface area contributed by atoms with E-state index in [-0.39, 0.29) is 10.5 Å². The van der Waals surface area contributed by atoms with Gasteiger partial charge in [-0.25, -0.2) is 12.8 Å². The molecule has 0 saturated heterocycles. The van der Waals surface area contributed by atoms with Crippen molar-refractivity contribution in [1.29, 1.82) is 0 Å². The van der Waals surface area contributed by atoms with Crippen molar-refractivity contribution in [2.45, 2.75) is 24.7 Å². The molecule has 2 aliphatic rings. The fraction of sp³-hybridized carbons (Fsp3) is 0.294. The number of ether oxygens (including phenoxy) is 2. The van der Waals surface area contributed by atoms with Gasteiger partial charge in [-0.05, 0) is 36.8 Å². The van der Waals surface area contributed by atoms with Crippen LogP contribution < -0.4 is 14.2 Å². The van der Waals surface area contributed by atoms with Crippen LogP contribution in [0.15, 0.2) is 29.2 Å². The van der Waals surface area contributed by atoms with Gasteiger partial charge in [-0.1, -0.05) is 0 Å². The van der Waals surface area contributed by atoms with Gasteiger partial charge < -0.3 is 9.47 Å². The van der Waals surface area contributed by atoms with Crippen molar-refractivity contribution in [1.82, 2.24) is 0 Å². The van der Waals surface area contributed by atoms with Crippen molar-refractivity contribution in [2.75, 3.05) is 17.9 Å².